The van der Waals surface area contributed by atoms with E-state index < -0.39 is 0 Å². The quantitative estimate of drug-likeness (QED) is 0.409. The van der Waals surface area contributed by atoms with Crippen LogP contribution in [0.2, 0.25) is 0 Å². The number of rotatable bonds is 10. The fraction of sp³-hybridized carbons (Fsp3) is 0.882. The Hall–Kier alpha value is -0.300. The van der Waals surface area contributed by atoms with Gasteiger partial charge in [0.05, 0.1) is 6.61 Å². The summed E-state index contributed by atoms with van der Waals surface area (Å²) in [7, 11) is 0. The maximum Gasteiger partial charge on any atom is 0.0644 e. The van der Waals surface area contributed by atoms with Crippen molar-refractivity contribution < 1.29 is 5.11 Å². The summed E-state index contributed by atoms with van der Waals surface area (Å²) in [5, 5.41) is 9.33. The highest BCUT2D eigenvalue weighted by molar-refractivity contribution is 5.17. The molecule has 106 valence electrons. The van der Waals surface area contributed by atoms with Gasteiger partial charge in [0, 0.05) is 0 Å². The molecule has 0 unspecified atom stereocenters. The first-order valence-electron chi connectivity index (χ1n) is 8.19. The Morgan fingerprint density at radius 1 is 0.778 bits per heavy atom. The standard InChI is InChI=1S/C17H32O/c1-2-3-4-5-6-7-8-9-12-16-13-10-11-14-17(16)15-18/h18H,2-15H2,1H3. The number of aliphatic hydroxyl groups excluding tert-OH is 1. The first-order valence-corrected chi connectivity index (χ1v) is 8.19. The van der Waals surface area contributed by atoms with Crippen LogP contribution in [-0.4, -0.2) is 11.7 Å². The molecule has 0 amide bonds. The van der Waals surface area contributed by atoms with Crippen molar-refractivity contribution in [2.45, 2.75) is 90.4 Å². The molecule has 0 atom stereocenters. The van der Waals surface area contributed by atoms with E-state index in [1.165, 1.54) is 82.6 Å². The summed E-state index contributed by atoms with van der Waals surface area (Å²) in [5.41, 5.74) is 2.96. The molecule has 1 rings (SSSR count). The zero-order valence-electron chi connectivity index (χ0n) is 12.3. The van der Waals surface area contributed by atoms with Gasteiger partial charge < -0.3 is 5.11 Å². The second-order valence-electron chi connectivity index (χ2n) is 5.80. The van der Waals surface area contributed by atoms with Crippen LogP contribution in [0.4, 0.5) is 0 Å². The Balaban J connectivity index is 2.01. The predicted octanol–water partition coefficient (Wildman–Crippen LogP) is 5.38. The van der Waals surface area contributed by atoms with E-state index in [2.05, 4.69) is 6.92 Å². The van der Waals surface area contributed by atoms with Crippen molar-refractivity contribution in [2.24, 2.45) is 0 Å². The highest BCUT2D eigenvalue weighted by atomic mass is 16.3. The first-order chi connectivity index (χ1) is 8.88. The van der Waals surface area contributed by atoms with Crippen molar-refractivity contribution in [1.82, 2.24) is 0 Å². The Morgan fingerprint density at radius 2 is 1.33 bits per heavy atom. The largest absolute Gasteiger partial charge is 0.392 e. The van der Waals surface area contributed by atoms with Crippen molar-refractivity contribution in [3.8, 4) is 0 Å². The van der Waals surface area contributed by atoms with Crippen LogP contribution >= 0.6 is 0 Å². The lowest BCUT2D eigenvalue weighted by molar-refractivity contribution is 0.319. The van der Waals surface area contributed by atoms with Crippen LogP contribution in [0, 0.1) is 0 Å². The lowest BCUT2D eigenvalue weighted by atomic mass is 9.89. The minimum absolute atomic E-state index is 0.312. The van der Waals surface area contributed by atoms with Crippen LogP contribution in [-0.2, 0) is 0 Å². The molecule has 0 aliphatic heterocycles. The average molecular weight is 252 g/mol. The van der Waals surface area contributed by atoms with Gasteiger partial charge in [-0.1, -0.05) is 57.4 Å². The third kappa shape index (κ3) is 6.58. The Morgan fingerprint density at radius 3 is 1.94 bits per heavy atom. The van der Waals surface area contributed by atoms with Crippen LogP contribution in [0.1, 0.15) is 90.4 Å². The molecule has 0 aromatic carbocycles. The molecule has 0 aromatic heterocycles. The van der Waals surface area contributed by atoms with E-state index in [9.17, 15) is 5.11 Å². The van der Waals surface area contributed by atoms with E-state index in [0.717, 1.165) is 6.42 Å². The van der Waals surface area contributed by atoms with Crippen LogP contribution < -0.4 is 0 Å². The SMILES string of the molecule is CCCCCCCCCCC1=C(CO)CCCC1. The number of hydrogen-bond donors (Lipinski definition) is 1. The van der Waals surface area contributed by atoms with E-state index in [4.69, 9.17) is 0 Å². The zero-order valence-corrected chi connectivity index (χ0v) is 12.3. The lowest BCUT2D eigenvalue weighted by Gasteiger charge is -2.19. The molecule has 1 nitrogen and oxygen atoms in total. The van der Waals surface area contributed by atoms with Crippen molar-refractivity contribution in [1.29, 1.82) is 0 Å². The molecule has 0 fully saturated rings. The summed E-state index contributed by atoms with van der Waals surface area (Å²) in [6.45, 7) is 2.59. The van der Waals surface area contributed by atoms with Gasteiger partial charge in [0.25, 0.3) is 0 Å². The lowest BCUT2D eigenvalue weighted by Crippen LogP contribution is -2.03. The van der Waals surface area contributed by atoms with Gasteiger partial charge in [0.1, 0.15) is 0 Å². The fourth-order valence-electron chi connectivity index (χ4n) is 3.00. The minimum atomic E-state index is 0.312. The molecule has 0 saturated carbocycles. The van der Waals surface area contributed by atoms with E-state index in [1.807, 2.05) is 0 Å². The Kier molecular flexibility index (Phi) is 9.28. The molecule has 0 spiro atoms. The predicted molar refractivity (Wildman–Crippen MR) is 79.8 cm³/mol. The van der Waals surface area contributed by atoms with E-state index in [-0.39, 0.29) is 0 Å². The Bertz CT molecular complexity index is 230. The number of unbranched alkanes of at least 4 members (excludes halogenated alkanes) is 7. The van der Waals surface area contributed by atoms with Gasteiger partial charge in [-0.2, -0.15) is 0 Å². The van der Waals surface area contributed by atoms with Gasteiger partial charge in [0.2, 0.25) is 0 Å². The van der Waals surface area contributed by atoms with Gasteiger partial charge in [-0.05, 0) is 44.1 Å². The second kappa shape index (κ2) is 10.6. The van der Waals surface area contributed by atoms with Crippen molar-refractivity contribution in [3.63, 3.8) is 0 Å². The maximum absolute atomic E-state index is 9.33. The number of allylic oxidation sites excluding steroid dienone is 1. The summed E-state index contributed by atoms with van der Waals surface area (Å²) < 4.78 is 0. The maximum atomic E-state index is 9.33. The summed E-state index contributed by atoms with van der Waals surface area (Å²) in [6, 6.07) is 0. The molecular formula is C17H32O. The zero-order chi connectivity index (χ0) is 13.1. The molecule has 0 bridgehead atoms. The molecule has 1 aliphatic rings. The average Bonchev–Trinajstić information content (AvgIpc) is 2.42. The summed E-state index contributed by atoms with van der Waals surface area (Å²) in [4.78, 5) is 0. The third-order valence-electron chi connectivity index (χ3n) is 4.23. The molecule has 0 saturated heterocycles. The first kappa shape index (κ1) is 15.8. The molecule has 1 heteroatoms. The summed E-state index contributed by atoms with van der Waals surface area (Å²) in [6.07, 6.45) is 17.5. The number of aliphatic hydroxyl groups is 1. The van der Waals surface area contributed by atoms with Gasteiger partial charge in [0.15, 0.2) is 0 Å². The van der Waals surface area contributed by atoms with Crippen molar-refractivity contribution in [2.75, 3.05) is 6.61 Å². The highest BCUT2D eigenvalue weighted by Crippen LogP contribution is 2.28. The third-order valence-corrected chi connectivity index (χ3v) is 4.23. The van der Waals surface area contributed by atoms with Crippen LogP contribution in [0.3, 0.4) is 0 Å². The fourth-order valence-corrected chi connectivity index (χ4v) is 3.00. The van der Waals surface area contributed by atoms with Crippen molar-refractivity contribution in [3.05, 3.63) is 11.1 Å². The van der Waals surface area contributed by atoms with Gasteiger partial charge in [-0.3, -0.25) is 0 Å². The minimum Gasteiger partial charge on any atom is -0.392 e. The van der Waals surface area contributed by atoms with Gasteiger partial charge in [-0.25, -0.2) is 0 Å². The normalized spacial score (nSPS) is 16.3. The summed E-state index contributed by atoms with van der Waals surface area (Å²) >= 11 is 0. The van der Waals surface area contributed by atoms with E-state index in [0.29, 0.717) is 6.61 Å². The van der Waals surface area contributed by atoms with Crippen LogP contribution in [0.25, 0.3) is 0 Å². The van der Waals surface area contributed by atoms with Crippen molar-refractivity contribution >= 4 is 0 Å². The molecule has 0 radical (unpaired) electrons. The smallest absolute Gasteiger partial charge is 0.0644 e. The molecule has 18 heavy (non-hydrogen) atoms. The van der Waals surface area contributed by atoms with E-state index in [1.54, 1.807) is 5.57 Å². The second-order valence-corrected chi connectivity index (χ2v) is 5.80. The molecule has 1 aliphatic carbocycles. The molecule has 1 N–H and O–H groups in total. The molecule has 0 heterocycles. The van der Waals surface area contributed by atoms with Crippen LogP contribution in [0.5, 0.6) is 0 Å². The highest BCUT2D eigenvalue weighted by Gasteiger charge is 2.11. The van der Waals surface area contributed by atoms with Gasteiger partial charge in [-0.15, -0.1) is 0 Å². The number of hydrogen-bond acceptors (Lipinski definition) is 1. The molecular weight excluding hydrogens is 220 g/mol. The monoisotopic (exact) mass is 252 g/mol. The topological polar surface area (TPSA) is 20.2 Å². The van der Waals surface area contributed by atoms with Crippen LogP contribution in [0.15, 0.2) is 11.1 Å². The van der Waals surface area contributed by atoms with E-state index >= 15 is 0 Å². The summed E-state index contributed by atoms with van der Waals surface area (Å²) in [5.74, 6) is 0. The molecule has 0 aromatic rings. The van der Waals surface area contributed by atoms with Gasteiger partial charge >= 0.3 is 0 Å². The Labute approximate surface area is 114 Å².